The van der Waals surface area contributed by atoms with Gasteiger partial charge in [0.2, 0.25) is 5.91 Å². The largest absolute Gasteiger partial charge is 0.316 e. The average Bonchev–Trinajstić information content (AvgIpc) is 2.92. The molecule has 1 amide bonds. The van der Waals surface area contributed by atoms with Crippen LogP contribution in [0.3, 0.4) is 0 Å². The highest BCUT2D eigenvalue weighted by atomic mass is 16.2. The summed E-state index contributed by atoms with van der Waals surface area (Å²) >= 11 is 0. The summed E-state index contributed by atoms with van der Waals surface area (Å²) in [5.41, 5.74) is 0. The fourth-order valence-electron chi connectivity index (χ4n) is 2.26. The minimum absolute atomic E-state index is 0.0581. The highest BCUT2D eigenvalue weighted by molar-refractivity contribution is 5.94. The van der Waals surface area contributed by atoms with E-state index >= 15 is 0 Å². The van der Waals surface area contributed by atoms with E-state index in [9.17, 15) is 4.79 Å². The predicted molar refractivity (Wildman–Crippen MR) is 71.3 cm³/mol. The third-order valence-corrected chi connectivity index (χ3v) is 3.31. The molecular weight excluding hydrogens is 226 g/mol. The average molecular weight is 241 g/mol. The van der Waals surface area contributed by atoms with Gasteiger partial charge in [0.05, 0.1) is 5.92 Å². The van der Waals surface area contributed by atoms with Gasteiger partial charge in [-0.05, 0) is 24.4 Å². The van der Waals surface area contributed by atoms with Gasteiger partial charge in [0, 0.05) is 18.1 Å². The molecule has 0 saturated carbocycles. The van der Waals surface area contributed by atoms with Crippen molar-refractivity contribution in [1.82, 2.24) is 10.3 Å². The van der Waals surface area contributed by atoms with Gasteiger partial charge in [0.1, 0.15) is 5.82 Å². The van der Waals surface area contributed by atoms with Crippen molar-refractivity contribution in [3.63, 3.8) is 0 Å². The summed E-state index contributed by atoms with van der Waals surface area (Å²) in [6.45, 7) is 1.68. The first-order valence-electron chi connectivity index (χ1n) is 6.19. The van der Waals surface area contributed by atoms with E-state index in [1.165, 1.54) is 0 Å². The molecule has 1 aliphatic rings. The van der Waals surface area contributed by atoms with Crippen LogP contribution < -0.4 is 10.6 Å². The van der Waals surface area contributed by atoms with Crippen molar-refractivity contribution in [2.75, 3.05) is 18.4 Å². The molecule has 1 fully saturated rings. The number of carbonyl (C=O) groups is 1. The maximum Gasteiger partial charge on any atom is 0.229 e. The van der Waals surface area contributed by atoms with Gasteiger partial charge in [-0.3, -0.25) is 4.79 Å². The molecule has 3 rings (SSSR count). The van der Waals surface area contributed by atoms with Crippen LogP contribution in [0.4, 0.5) is 5.82 Å². The summed E-state index contributed by atoms with van der Waals surface area (Å²) in [5, 5.41) is 8.24. The van der Waals surface area contributed by atoms with E-state index in [-0.39, 0.29) is 11.8 Å². The maximum absolute atomic E-state index is 12.0. The van der Waals surface area contributed by atoms with E-state index in [2.05, 4.69) is 15.6 Å². The lowest BCUT2D eigenvalue weighted by atomic mass is 10.1. The molecule has 1 atom stereocenters. The molecule has 1 saturated heterocycles. The van der Waals surface area contributed by atoms with Crippen LogP contribution >= 0.6 is 0 Å². The first-order chi connectivity index (χ1) is 8.83. The van der Waals surface area contributed by atoms with Crippen molar-refractivity contribution in [3.05, 3.63) is 36.5 Å². The van der Waals surface area contributed by atoms with E-state index in [0.717, 1.165) is 30.3 Å². The number of rotatable bonds is 2. The Bertz CT molecular complexity index is 576. The van der Waals surface area contributed by atoms with E-state index in [0.29, 0.717) is 5.82 Å². The minimum atomic E-state index is 0.0581. The molecule has 4 nitrogen and oxygen atoms in total. The molecule has 92 valence electrons. The number of hydrogen-bond donors (Lipinski definition) is 2. The number of amides is 1. The number of benzene rings is 1. The quantitative estimate of drug-likeness (QED) is 0.842. The number of nitrogens with one attached hydrogen (secondary N) is 2. The van der Waals surface area contributed by atoms with Crippen LogP contribution in [0.25, 0.3) is 10.8 Å². The van der Waals surface area contributed by atoms with Gasteiger partial charge >= 0.3 is 0 Å². The van der Waals surface area contributed by atoms with Gasteiger partial charge in [0.15, 0.2) is 0 Å². The Balaban J connectivity index is 1.79. The molecule has 2 aromatic rings. The van der Waals surface area contributed by atoms with Gasteiger partial charge in [0.25, 0.3) is 0 Å². The van der Waals surface area contributed by atoms with Crippen LogP contribution in [0.15, 0.2) is 36.5 Å². The van der Waals surface area contributed by atoms with Crippen LogP contribution in [0.5, 0.6) is 0 Å². The number of pyridine rings is 1. The van der Waals surface area contributed by atoms with Crippen LogP contribution in [0.2, 0.25) is 0 Å². The molecule has 1 aromatic carbocycles. The fourth-order valence-corrected chi connectivity index (χ4v) is 2.26. The normalized spacial score (nSPS) is 19.0. The Hall–Kier alpha value is -1.94. The number of nitrogens with zero attached hydrogens (tertiary/aromatic N) is 1. The van der Waals surface area contributed by atoms with Gasteiger partial charge in [-0.2, -0.15) is 0 Å². The smallest absolute Gasteiger partial charge is 0.229 e. The fraction of sp³-hybridized carbons (Fsp3) is 0.286. The predicted octanol–water partition coefficient (Wildman–Crippen LogP) is 1.78. The van der Waals surface area contributed by atoms with E-state index in [1.807, 2.05) is 30.3 Å². The van der Waals surface area contributed by atoms with Crippen molar-refractivity contribution >= 4 is 22.5 Å². The second-order valence-corrected chi connectivity index (χ2v) is 4.60. The SMILES string of the molecule is O=C(Nc1cc2ccccc2cn1)C1CCNC1. The lowest BCUT2D eigenvalue weighted by Crippen LogP contribution is -2.25. The molecule has 0 spiro atoms. The van der Waals surface area contributed by atoms with E-state index in [4.69, 9.17) is 0 Å². The Morgan fingerprint density at radius 3 is 2.94 bits per heavy atom. The number of hydrogen-bond acceptors (Lipinski definition) is 3. The summed E-state index contributed by atoms with van der Waals surface area (Å²) < 4.78 is 0. The Labute approximate surface area is 105 Å². The van der Waals surface area contributed by atoms with Crippen LogP contribution in [-0.4, -0.2) is 24.0 Å². The topological polar surface area (TPSA) is 54.0 Å². The molecule has 0 bridgehead atoms. The molecule has 0 aliphatic carbocycles. The van der Waals surface area contributed by atoms with Crippen molar-refractivity contribution in [2.45, 2.75) is 6.42 Å². The maximum atomic E-state index is 12.0. The zero-order chi connectivity index (χ0) is 12.4. The Morgan fingerprint density at radius 2 is 2.17 bits per heavy atom. The summed E-state index contributed by atoms with van der Waals surface area (Å²) in [7, 11) is 0. The number of anilines is 1. The first kappa shape index (κ1) is 11.2. The lowest BCUT2D eigenvalue weighted by Gasteiger charge is -2.09. The standard InChI is InChI=1S/C14H15N3O/c18-14(12-5-6-15-8-12)17-13-7-10-3-1-2-4-11(10)9-16-13/h1-4,7,9,12,15H,5-6,8H2,(H,16,17,18). The highest BCUT2D eigenvalue weighted by Crippen LogP contribution is 2.17. The van der Waals surface area contributed by atoms with Crippen molar-refractivity contribution in [3.8, 4) is 0 Å². The summed E-state index contributed by atoms with van der Waals surface area (Å²) in [6, 6.07) is 9.90. The van der Waals surface area contributed by atoms with Crippen molar-refractivity contribution in [2.24, 2.45) is 5.92 Å². The van der Waals surface area contributed by atoms with Gasteiger partial charge in [-0.1, -0.05) is 24.3 Å². The zero-order valence-electron chi connectivity index (χ0n) is 10.0. The van der Waals surface area contributed by atoms with Crippen LogP contribution in [-0.2, 0) is 4.79 Å². The molecular formula is C14H15N3O. The second kappa shape index (κ2) is 4.74. The molecule has 1 aromatic heterocycles. The third-order valence-electron chi connectivity index (χ3n) is 3.31. The summed E-state index contributed by atoms with van der Waals surface area (Å²) in [5.74, 6) is 0.756. The first-order valence-corrected chi connectivity index (χ1v) is 6.19. The van der Waals surface area contributed by atoms with E-state index < -0.39 is 0 Å². The van der Waals surface area contributed by atoms with Crippen LogP contribution in [0, 0.1) is 5.92 Å². The number of carbonyl (C=O) groups excluding carboxylic acids is 1. The van der Waals surface area contributed by atoms with Crippen molar-refractivity contribution in [1.29, 1.82) is 0 Å². The Morgan fingerprint density at radius 1 is 1.33 bits per heavy atom. The number of fused-ring (bicyclic) bond motifs is 1. The molecule has 0 radical (unpaired) electrons. The lowest BCUT2D eigenvalue weighted by molar-refractivity contribution is -0.119. The van der Waals surface area contributed by atoms with Gasteiger partial charge < -0.3 is 10.6 Å². The molecule has 4 heteroatoms. The summed E-state index contributed by atoms with van der Waals surface area (Å²) in [4.78, 5) is 16.2. The third kappa shape index (κ3) is 2.19. The highest BCUT2D eigenvalue weighted by Gasteiger charge is 2.22. The van der Waals surface area contributed by atoms with Gasteiger partial charge in [-0.15, -0.1) is 0 Å². The Kier molecular flexibility index (Phi) is 2.94. The second-order valence-electron chi connectivity index (χ2n) is 4.60. The minimum Gasteiger partial charge on any atom is -0.316 e. The molecule has 1 aliphatic heterocycles. The zero-order valence-corrected chi connectivity index (χ0v) is 10.0. The summed E-state index contributed by atoms with van der Waals surface area (Å²) in [6.07, 6.45) is 2.69. The molecule has 2 N–H and O–H groups in total. The molecule has 18 heavy (non-hydrogen) atoms. The van der Waals surface area contributed by atoms with Crippen molar-refractivity contribution < 1.29 is 4.79 Å². The number of aromatic nitrogens is 1. The van der Waals surface area contributed by atoms with Crippen LogP contribution in [0.1, 0.15) is 6.42 Å². The monoisotopic (exact) mass is 241 g/mol. The van der Waals surface area contributed by atoms with E-state index in [1.54, 1.807) is 6.20 Å². The molecule has 2 heterocycles. The molecule has 1 unspecified atom stereocenters. The van der Waals surface area contributed by atoms with Gasteiger partial charge in [-0.25, -0.2) is 4.98 Å².